The predicted octanol–water partition coefficient (Wildman–Crippen LogP) is 4.91. The van der Waals surface area contributed by atoms with E-state index >= 15 is 0 Å². The van der Waals surface area contributed by atoms with Gasteiger partial charge in [0.25, 0.3) is 0 Å². The normalized spacial score (nSPS) is 35.3. The molecule has 8 rings (SSSR count). The largest absolute Gasteiger partial charge is 0.371 e. The topological polar surface area (TPSA) is 56.8 Å². The number of aromatic nitrogens is 1. The first-order valence-corrected chi connectivity index (χ1v) is 15.4. The van der Waals surface area contributed by atoms with E-state index in [1.54, 1.807) is 27.7 Å². The molecule has 2 saturated heterocycles. The maximum absolute atomic E-state index is 13.4. The molecule has 0 spiro atoms. The van der Waals surface area contributed by atoms with Gasteiger partial charge in [-0.25, -0.2) is 0 Å². The van der Waals surface area contributed by atoms with Crippen LogP contribution in [0, 0.1) is 35.5 Å². The number of fused-ring (bicyclic) bond motifs is 6. The number of imide groups is 1. The number of rotatable bonds is 5. The van der Waals surface area contributed by atoms with Crippen LogP contribution in [0.2, 0.25) is 0 Å². The number of hydrogen-bond donors (Lipinski definition) is 0. The van der Waals surface area contributed by atoms with Crippen LogP contribution >= 0.6 is 11.5 Å². The summed E-state index contributed by atoms with van der Waals surface area (Å²) in [6, 6.07) is 8.55. The van der Waals surface area contributed by atoms with E-state index in [1.807, 2.05) is 0 Å². The molecule has 5 fully saturated rings. The highest BCUT2D eigenvalue weighted by Gasteiger charge is 2.61. The van der Waals surface area contributed by atoms with Crippen LogP contribution < -0.4 is 4.90 Å². The second-order valence-corrected chi connectivity index (χ2v) is 13.3. The summed E-state index contributed by atoms with van der Waals surface area (Å²) in [5.41, 5.74) is 3.20. The first-order chi connectivity index (χ1) is 18.2. The van der Waals surface area contributed by atoms with E-state index in [9.17, 15) is 9.59 Å². The molecule has 2 aromatic rings. The Morgan fingerprint density at radius 3 is 2.35 bits per heavy atom. The van der Waals surface area contributed by atoms with Crippen LogP contribution in [0.3, 0.4) is 0 Å². The summed E-state index contributed by atoms with van der Waals surface area (Å²) in [5.74, 6) is 3.54. The summed E-state index contributed by atoms with van der Waals surface area (Å²) in [5, 5.41) is 1.28. The van der Waals surface area contributed by atoms with Crippen LogP contribution in [0.1, 0.15) is 51.4 Å². The van der Waals surface area contributed by atoms with E-state index in [-0.39, 0.29) is 23.7 Å². The zero-order valence-corrected chi connectivity index (χ0v) is 22.3. The smallest absolute Gasteiger partial charge is 0.233 e. The van der Waals surface area contributed by atoms with Crippen LogP contribution in [0.4, 0.5) is 5.82 Å². The Kier molecular flexibility index (Phi) is 5.21. The molecule has 6 atom stereocenters. The van der Waals surface area contributed by atoms with Crippen LogP contribution in [0.15, 0.2) is 35.5 Å². The minimum absolute atomic E-state index is 0.0233. The van der Waals surface area contributed by atoms with Gasteiger partial charge in [-0.1, -0.05) is 25.0 Å². The summed E-state index contributed by atoms with van der Waals surface area (Å²) in [7, 11) is 0. The molecule has 37 heavy (non-hydrogen) atoms. The van der Waals surface area contributed by atoms with Crippen molar-refractivity contribution in [3.05, 3.63) is 35.5 Å². The zero-order valence-electron chi connectivity index (χ0n) is 21.5. The Labute approximate surface area is 222 Å². The lowest BCUT2D eigenvalue weighted by atomic mass is 9.77. The van der Waals surface area contributed by atoms with Gasteiger partial charge in [-0.15, -0.1) is 0 Å². The number of nitrogens with zero attached hydrogens (tertiary/aromatic N) is 4. The van der Waals surface area contributed by atoms with Gasteiger partial charge < -0.3 is 9.80 Å². The van der Waals surface area contributed by atoms with Gasteiger partial charge in [0.2, 0.25) is 11.8 Å². The monoisotopic (exact) mass is 516 g/mol. The maximum Gasteiger partial charge on any atom is 0.233 e. The van der Waals surface area contributed by atoms with Gasteiger partial charge >= 0.3 is 0 Å². The number of hydrogen-bond acceptors (Lipinski definition) is 6. The number of piperazine rings is 1. The standard InChI is InChI=1S/C30H36N4O2S/c35-29-26-18-9-10-19(15-18)27(26)30(36)34(29)17-20-5-1-2-6-21(20)23-16-24(23)32-11-13-33(14-12-32)28-22-7-3-4-8-25(22)37-31-28/h3-4,7-8,18-21,26-27H,1-2,5-6,9-17H2/t18-,19+,20-,21-,26+,27-/m0/s1. The van der Waals surface area contributed by atoms with E-state index in [1.165, 1.54) is 29.3 Å². The van der Waals surface area contributed by atoms with Gasteiger partial charge in [0.1, 0.15) is 5.82 Å². The molecule has 0 unspecified atom stereocenters. The summed E-state index contributed by atoms with van der Waals surface area (Å²) in [6.07, 6.45) is 9.47. The molecule has 7 heteroatoms. The summed E-state index contributed by atoms with van der Waals surface area (Å²) in [4.78, 5) is 33.5. The van der Waals surface area contributed by atoms with E-state index in [2.05, 4.69) is 34.1 Å². The highest BCUT2D eigenvalue weighted by Crippen LogP contribution is 2.57. The molecule has 0 radical (unpaired) electrons. The lowest BCUT2D eigenvalue weighted by Crippen LogP contribution is -2.45. The quantitative estimate of drug-likeness (QED) is 0.529. The van der Waals surface area contributed by atoms with Crippen molar-refractivity contribution in [2.24, 2.45) is 35.5 Å². The molecular formula is C30H36N4O2S. The SMILES string of the molecule is O=C1[C@@H]2[C@H]3CC[C@H](C3)[C@@H]2C(=O)N1C[C@@H]1CCCC[C@@H]1C1=C(N2CCN(c3nsc4ccccc34)CC2)C1. The van der Waals surface area contributed by atoms with Crippen molar-refractivity contribution < 1.29 is 9.59 Å². The molecule has 4 aliphatic carbocycles. The molecule has 6 nitrogen and oxygen atoms in total. The lowest BCUT2D eigenvalue weighted by Gasteiger charge is -2.36. The highest BCUT2D eigenvalue weighted by molar-refractivity contribution is 7.13. The minimum atomic E-state index is 0.0233. The zero-order chi connectivity index (χ0) is 24.7. The van der Waals surface area contributed by atoms with E-state index in [0.717, 1.165) is 64.1 Å². The second-order valence-electron chi connectivity index (χ2n) is 12.4. The fourth-order valence-corrected chi connectivity index (χ4v) is 9.65. The molecule has 2 amide bonds. The number of allylic oxidation sites excluding steroid dienone is 2. The van der Waals surface area contributed by atoms with Gasteiger partial charge in [-0.3, -0.25) is 14.5 Å². The Morgan fingerprint density at radius 1 is 0.865 bits per heavy atom. The van der Waals surface area contributed by atoms with Crippen LogP contribution in [0.25, 0.3) is 10.1 Å². The third-order valence-electron chi connectivity index (χ3n) is 10.7. The Hall–Kier alpha value is -2.41. The molecule has 3 heterocycles. The molecule has 3 saturated carbocycles. The van der Waals surface area contributed by atoms with Crippen molar-refractivity contribution in [1.29, 1.82) is 0 Å². The number of benzene rings is 1. The Morgan fingerprint density at radius 2 is 1.57 bits per heavy atom. The van der Waals surface area contributed by atoms with E-state index < -0.39 is 0 Å². The van der Waals surface area contributed by atoms with E-state index in [4.69, 9.17) is 4.37 Å². The number of carbonyl (C=O) groups excluding carboxylic acids is 2. The van der Waals surface area contributed by atoms with Gasteiger partial charge in [0.15, 0.2) is 0 Å². The number of amides is 2. The van der Waals surface area contributed by atoms with Crippen molar-refractivity contribution in [2.75, 3.05) is 37.6 Å². The van der Waals surface area contributed by atoms with Crippen LogP contribution in [-0.4, -0.2) is 58.7 Å². The van der Waals surface area contributed by atoms with Gasteiger partial charge in [-0.2, -0.15) is 4.37 Å². The number of likely N-dealkylation sites (tertiary alicyclic amines) is 1. The first-order valence-electron chi connectivity index (χ1n) is 14.6. The fraction of sp³-hybridized carbons (Fsp3) is 0.633. The van der Waals surface area contributed by atoms with Gasteiger partial charge in [-0.05, 0) is 85.0 Å². The molecule has 194 valence electrons. The van der Waals surface area contributed by atoms with Crippen molar-refractivity contribution >= 4 is 39.3 Å². The van der Waals surface area contributed by atoms with Gasteiger partial charge in [0.05, 0.1) is 16.5 Å². The van der Waals surface area contributed by atoms with E-state index in [0.29, 0.717) is 30.2 Å². The maximum atomic E-state index is 13.4. The third kappa shape index (κ3) is 3.52. The average Bonchev–Trinajstić information content (AvgIpc) is 3.22. The number of carbonyl (C=O) groups is 2. The fourth-order valence-electron chi connectivity index (χ4n) is 8.85. The minimum Gasteiger partial charge on any atom is -0.371 e. The molecule has 2 aliphatic heterocycles. The number of anilines is 1. The molecular weight excluding hydrogens is 480 g/mol. The Bertz CT molecular complexity index is 1270. The van der Waals surface area contributed by atoms with Crippen molar-refractivity contribution in [3.8, 4) is 0 Å². The van der Waals surface area contributed by atoms with Gasteiger partial charge in [0, 0.05) is 50.2 Å². The summed E-state index contributed by atoms with van der Waals surface area (Å²) < 4.78 is 6.04. The molecule has 1 aromatic carbocycles. The van der Waals surface area contributed by atoms with Crippen LogP contribution in [0.5, 0.6) is 0 Å². The highest BCUT2D eigenvalue weighted by atomic mass is 32.1. The van der Waals surface area contributed by atoms with Crippen molar-refractivity contribution in [3.63, 3.8) is 0 Å². The average molecular weight is 517 g/mol. The molecule has 1 aromatic heterocycles. The summed E-state index contributed by atoms with van der Waals surface area (Å²) in [6.45, 7) is 4.81. The van der Waals surface area contributed by atoms with Crippen molar-refractivity contribution in [2.45, 2.75) is 51.4 Å². The second kappa shape index (κ2) is 8.55. The van der Waals surface area contributed by atoms with Crippen molar-refractivity contribution in [1.82, 2.24) is 14.2 Å². The predicted molar refractivity (Wildman–Crippen MR) is 145 cm³/mol. The van der Waals surface area contributed by atoms with Crippen LogP contribution in [-0.2, 0) is 9.59 Å². The first kappa shape index (κ1) is 22.6. The summed E-state index contributed by atoms with van der Waals surface area (Å²) >= 11 is 1.60. The molecule has 0 N–H and O–H groups in total. The Balaban J connectivity index is 0.947. The third-order valence-corrected chi connectivity index (χ3v) is 11.5. The molecule has 2 bridgehead atoms. The lowest BCUT2D eigenvalue weighted by molar-refractivity contribution is -0.141. The molecule has 6 aliphatic rings.